The number of nitrogens with zero attached hydrogens (tertiary/aromatic N) is 2. The van der Waals surface area contributed by atoms with Crippen LogP contribution in [0.1, 0.15) is 26.3 Å². The van der Waals surface area contributed by atoms with Gasteiger partial charge in [-0.25, -0.2) is 4.79 Å². The molecule has 0 aliphatic heterocycles. The molecule has 0 saturated carbocycles. The van der Waals surface area contributed by atoms with E-state index in [1.54, 1.807) is 51.0 Å². The van der Waals surface area contributed by atoms with Crippen LogP contribution in [-0.4, -0.2) is 21.7 Å². The number of hydrogen-bond donors (Lipinski definition) is 0. The highest BCUT2D eigenvalue weighted by Gasteiger charge is 2.24. The van der Waals surface area contributed by atoms with Gasteiger partial charge in [0, 0.05) is 24.9 Å². The molecule has 1 rings (SSSR count). The molecule has 0 radical (unpaired) electrons. The van der Waals surface area contributed by atoms with Crippen LogP contribution in [0.3, 0.4) is 0 Å². The number of aromatic nitrogens is 2. The van der Waals surface area contributed by atoms with Crippen LogP contribution >= 0.6 is 0 Å². The number of esters is 2. The normalized spacial score (nSPS) is 11.8. The highest BCUT2D eigenvalue weighted by molar-refractivity contribution is 5.96. The molecule has 1 heterocycles. The minimum absolute atomic E-state index is 0.543. The first-order valence-electron chi connectivity index (χ1n) is 5.22. The molecule has 0 amide bonds. The second-order valence-corrected chi connectivity index (χ2v) is 4.74. The van der Waals surface area contributed by atoms with E-state index in [1.807, 2.05) is 0 Å². The molecule has 0 aliphatic carbocycles. The lowest BCUT2D eigenvalue weighted by molar-refractivity contribution is -0.162. The van der Waals surface area contributed by atoms with E-state index in [-0.39, 0.29) is 0 Å². The van der Waals surface area contributed by atoms with Gasteiger partial charge in [-0.1, -0.05) is 0 Å². The molecule has 17 heavy (non-hydrogen) atoms. The first kappa shape index (κ1) is 13.2. The van der Waals surface area contributed by atoms with Crippen molar-refractivity contribution in [1.82, 2.24) is 9.78 Å². The summed E-state index contributed by atoms with van der Waals surface area (Å²) in [6.45, 7) is 5.06. The molecule has 92 valence electrons. The van der Waals surface area contributed by atoms with Crippen LogP contribution in [0.2, 0.25) is 0 Å². The molecule has 5 nitrogen and oxygen atoms in total. The van der Waals surface area contributed by atoms with Gasteiger partial charge in [0.2, 0.25) is 0 Å². The first-order valence-corrected chi connectivity index (χ1v) is 5.22. The summed E-state index contributed by atoms with van der Waals surface area (Å²) in [7, 11) is 1.78. The molecule has 0 unspecified atom stereocenters. The molecule has 0 bridgehead atoms. The summed E-state index contributed by atoms with van der Waals surface area (Å²) in [4.78, 5) is 22.7. The predicted octanol–water partition coefficient (Wildman–Crippen LogP) is 1.55. The predicted molar refractivity (Wildman–Crippen MR) is 62.8 cm³/mol. The fourth-order valence-electron chi connectivity index (χ4n) is 0.969. The van der Waals surface area contributed by atoms with E-state index < -0.39 is 17.4 Å². The van der Waals surface area contributed by atoms with Crippen molar-refractivity contribution in [3.05, 3.63) is 24.0 Å². The molecular formula is C12H16N2O3. The zero-order chi connectivity index (χ0) is 13.1. The van der Waals surface area contributed by atoms with Gasteiger partial charge in [0.05, 0.1) is 11.6 Å². The second-order valence-electron chi connectivity index (χ2n) is 4.74. The molecule has 0 saturated heterocycles. The monoisotopic (exact) mass is 236 g/mol. The number of aryl methyl sites for hydroxylation is 1. The Balaban J connectivity index is 2.56. The molecular weight excluding hydrogens is 220 g/mol. The van der Waals surface area contributed by atoms with E-state index >= 15 is 0 Å². The Morgan fingerprint density at radius 1 is 1.41 bits per heavy atom. The summed E-state index contributed by atoms with van der Waals surface area (Å²) in [6.07, 6.45) is 6.11. The van der Waals surface area contributed by atoms with Gasteiger partial charge in [0.15, 0.2) is 0 Å². The van der Waals surface area contributed by atoms with E-state index in [0.29, 0.717) is 0 Å². The maximum atomic E-state index is 11.4. The van der Waals surface area contributed by atoms with E-state index in [2.05, 4.69) is 9.84 Å². The van der Waals surface area contributed by atoms with Gasteiger partial charge in [-0.15, -0.1) is 0 Å². The summed E-state index contributed by atoms with van der Waals surface area (Å²) >= 11 is 0. The lowest BCUT2D eigenvalue weighted by atomic mass is 9.97. The molecule has 0 N–H and O–H groups in total. The minimum Gasteiger partial charge on any atom is -0.389 e. The molecule has 0 aromatic carbocycles. The molecule has 0 aliphatic rings. The summed E-state index contributed by atoms with van der Waals surface area (Å²) in [5.74, 6) is -1.22. The van der Waals surface area contributed by atoms with Crippen molar-refractivity contribution in [2.24, 2.45) is 12.5 Å². The standard InChI is InChI=1S/C12H16N2O3/c1-12(2,3)11(16)17-10(15)6-5-9-7-13-14(4)8-9/h5-8H,1-4H3/b6-5+. The van der Waals surface area contributed by atoms with Gasteiger partial charge in [0.25, 0.3) is 0 Å². The Kier molecular flexibility index (Phi) is 3.83. The van der Waals surface area contributed by atoms with E-state index in [0.717, 1.165) is 5.56 Å². The highest BCUT2D eigenvalue weighted by atomic mass is 16.6. The summed E-state index contributed by atoms with van der Waals surface area (Å²) < 4.78 is 6.27. The van der Waals surface area contributed by atoms with Gasteiger partial charge >= 0.3 is 11.9 Å². The van der Waals surface area contributed by atoms with Crippen molar-refractivity contribution in [1.29, 1.82) is 0 Å². The average Bonchev–Trinajstić information content (AvgIpc) is 2.60. The highest BCUT2D eigenvalue weighted by Crippen LogP contribution is 2.15. The summed E-state index contributed by atoms with van der Waals surface area (Å²) in [5, 5.41) is 3.94. The Bertz CT molecular complexity index is 453. The Morgan fingerprint density at radius 2 is 2.06 bits per heavy atom. The smallest absolute Gasteiger partial charge is 0.338 e. The average molecular weight is 236 g/mol. The third-order valence-electron chi connectivity index (χ3n) is 1.94. The quantitative estimate of drug-likeness (QED) is 0.444. The summed E-state index contributed by atoms with van der Waals surface area (Å²) in [5.41, 5.74) is 0.0882. The van der Waals surface area contributed by atoms with Crippen LogP contribution in [-0.2, 0) is 21.4 Å². The van der Waals surface area contributed by atoms with Crippen molar-refractivity contribution in [2.45, 2.75) is 20.8 Å². The molecule has 1 aromatic rings. The topological polar surface area (TPSA) is 61.2 Å². The van der Waals surface area contributed by atoms with Gasteiger partial charge in [0.1, 0.15) is 0 Å². The van der Waals surface area contributed by atoms with Crippen LogP contribution < -0.4 is 0 Å². The third-order valence-corrected chi connectivity index (χ3v) is 1.94. The fourth-order valence-corrected chi connectivity index (χ4v) is 0.969. The lowest BCUT2D eigenvalue weighted by Crippen LogP contribution is -2.25. The van der Waals surface area contributed by atoms with Gasteiger partial charge in [-0.3, -0.25) is 9.48 Å². The van der Waals surface area contributed by atoms with Crippen LogP contribution in [0, 0.1) is 5.41 Å². The van der Waals surface area contributed by atoms with Crippen molar-refractivity contribution in [3.63, 3.8) is 0 Å². The van der Waals surface area contributed by atoms with Crippen molar-refractivity contribution < 1.29 is 14.3 Å². The fraction of sp³-hybridized carbons (Fsp3) is 0.417. The molecule has 0 atom stereocenters. The van der Waals surface area contributed by atoms with Crippen LogP contribution in [0.4, 0.5) is 0 Å². The zero-order valence-electron chi connectivity index (χ0n) is 10.4. The first-order chi connectivity index (χ1) is 7.79. The Hall–Kier alpha value is -1.91. The van der Waals surface area contributed by atoms with Crippen LogP contribution in [0.5, 0.6) is 0 Å². The van der Waals surface area contributed by atoms with E-state index in [1.165, 1.54) is 6.08 Å². The minimum atomic E-state index is -0.683. The number of carbonyl (C=O) groups is 2. The molecule has 1 aromatic heterocycles. The number of rotatable bonds is 2. The van der Waals surface area contributed by atoms with Gasteiger partial charge in [-0.05, 0) is 26.8 Å². The zero-order valence-corrected chi connectivity index (χ0v) is 10.4. The van der Waals surface area contributed by atoms with Gasteiger partial charge in [-0.2, -0.15) is 5.10 Å². The van der Waals surface area contributed by atoms with Crippen molar-refractivity contribution >= 4 is 18.0 Å². The maximum Gasteiger partial charge on any atom is 0.338 e. The van der Waals surface area contributed by atoms with E-state index in [9.17, 15) is 9.59 Å². The summed E-state index contributed by atoms with van der Waals surface area (Å²) in [6, 6.07) is 0. The van der Waals surface area contributed by atoms with Crippen LogP contribution in [0.25, 0.3) is 6.08 Å². The number of ether oxygens (including phenoxy) is 1. The molecule has 0 fully saturated rings. The van der Waals surface area contributed by atoms with Crippen molar-refractivity contribution in [2.75, 3.05) is 0 Å². The second kappa shape index (κ2) is 4.95. The lowest BCUT2D eigenvalue weighted by Gasteiger charge is -2.14. The molecule has 5 heteroatoms. The van der Waals surface area contributed by atoms with Crippen LogP contribution in [0.15, 0.2) is 18.5 Å². The van der Waals surface area contributed by atoms with E-state index in [4.69, 9.17) is 0 Å². The number of hydrogen-bond acceptors (Lipinski definition) is 4. The number of carbonyl (C=O) groups excluding carboxylic acids is 2. The van der Waals surface area contributed by atoms with Crippen molar-refractivity contribution in [3.8, 4) is 0 Å². The Labute approximate surface area is 100 Å². The SMILES string of the molecule is Cn1cc(/C=C/C(=O)OC(=O)C(C)(C)C)cn1. The molecule has 0 spiro atoms. The Morgan fingerprint density at radius 3 is 2.53 bits per heavy atom. The maximum absolute atomic E-state index is 11.4. The third kappa shape index (κ3) is 4.22. The van der Waals surface area contributed by atoms with Gasteiger partial charge < -0.3 is 4.74 Å². The largest absolute Gasteiger partial charge is 0.389 e.